The zero-order valence-electron chi connectivity index (χ0n) is 16.0. The number of morpholine rings is 1. The molecule has 3 heterocycles. The van der Waals surface area contributed by atoms with Gasteiger partial charge in [-0.3, -0.25) is 14.6 Å². The van der Waals surface area contributed by atoms with Crippen molar-refractivity contribution >= 4 is 5.91 Å². The van der Waals surface area contributed by atoms with Crippen molar-refractivity contribution in [3.05, 3.63) is 35.4 Å². The van der Waals surface area contributed by atoms with Crippen molar-refractivity contribution in [3.8, 4) is 0 Å². The molecule has 4 fully saturated rings. The van der Waals surface area contributed by atoms with Gasteiger partial charge < -0.3 is 10.1 Å². The highest BCUT2D eigenvalue weighted by Gasteiger charge is 2.52. The van der Waals surface area contributed by atoms with Gasteiger partial charge >= 0.3 is 0 Å². The predicted octanol–water partition coefficient (Wildman–Crippen LogP) is 1.77. The van der Waals surface area contributed by atoms with Crippen LogP contribution in [0.5, 0.6) is 0 Å². The van der Waals surface area contributed by atoms with E-state index < -0.39 is 11.6 Å². The lowest BCUT2D eigenvalue weighted by Gasteiger charge is -2.60. The smallest absolute Gasteiger partial charge is 0.246 e. The minimum absolute atomic E-state index is 0.0159. The summed E-state index contributed by atoms with van der Waals surface area (Å²) < 4.78 is 33.3. The molecule has 0 unspecified atom stereocenters. The number of halogens is 2. The van der Waals surface area contributed by atoms with Crippen LogP contribution in [0.25, 0.3) is 0 Å². The van der Waals surface area contributed by atoms with Gasteiger partial charge in [0.2, 0.25) is 5.91 Å². The van der Waals surface area contributed by atoms with Gasteiger partial charge in [-0.15, -0.1) is 0 Å². The maximum Gasteiger partial charge on any atom is 0.246 e. The minimum atomic E-state index is -0.418. The van der Waals surface area contributed by atoms with Gasteiger partial charge in [0.25, 0.3) is 0 Å². The predicted molar refractivity (Wildman–Crippen MR) is 99.5 cm³/mol. The second-order valence-corrected chi connectivity index (χ2v) is 9.20. The van der Waals surface area contributed by atoms with Crippen molar-refractivity contribution in [1.82, 2.24) is 15.1 Å². The average molecular weight is 391 g/mol. The Hall–Kier alpha value is -1.57. The monoisotopic (exact) mass is 391 g/mol. The van der Waals surface area contributed by atoms with Gasteiger partial charge in [0, 0.05) is 31.7 Å². The van der Waals surface area contributed by atoms with Gasteiger partial charge in [-0.1, -0.05) is 6.07 Å². The fraction of sp³-hybridized carbons (Fsp3) is 0.667. The molecular weight excluding hydrogens is 364 g/mol. The van der Waals surface area contributed by atoms with Crippen LogP contribution in [0.3, 0.4) is 0 Å². The van der Waals surface area contributed by atoms with Crippen LogP contribution in [0.15, 0.2) is 18.2 Å². The van der Waals surface area contributed by atoms with Crippen molar-refractivity contribution in [2.24, 2.45) is 11.3 Å². The summed E-state index contributed by atoms with van der Waals surface area (Å²) in [5.74, 6) is -0.464. The van der Waals surface area contributed by atoms with E-state index >= 15 is 0 Å². The van der Waals surface area contributed by atoms with Gasteiger partial charge in [-0.2, -0.15) is 0 Å². The second-order valence-electron chi connectivity index (χ2n) is 9.20. The molecule has 1 N–H and O–H groups in total. The Balaban J connectivity index is 1.07. The lowest BCUT2D eigenvalue weighted by Crippen LogP contribution is -2.66. The summed E-state index contributed by atoms with van der Waals surface area (Å²) in [5, 5.41) is 3.05. The number of carbonyl (C=O) groups excluding carboxylic acids is 1. The van der Waals surface area contributed by atoms with Crippen LogP contribution in [-0.4, -0.2) is 67.3 Å². The summed E-state index contributed by atoms with van der Waals surface area (Å²) in [5.41, 5.74) is 0.602. The van der Waals surface area contributed by atoms with E-state index in [0.717, 1.165) is 52.1 Å². The molecule has 0 aromatic heterocycles. The van der Waals surface area contributed by atoms with Crippen molar-refractivity contribution in [2.75, 3.05) is 39.5 Å². The zero-order valence-corrected chi connectivity index (χ0v) is 16.0. The summed E-state index contributed by atoms with van der Waals surface area (Å²) in [6.45, 7) is 5.08. The summed E-state index contributed by atoms with van der Waals surface area (Å²) in [6, 6.07) is 4.23. The third kappa shape index (κ3) is 3.44. The summed E-state index contributed by atoms with van der Waals surface area (Å²) >= 11 is 0. The Morgan fingerprint density at radius 3 is 2.68 bits per heavy atom. The fourth-order valence-electron chi connectivity index (χ4n) is 5.76. The number of nitrogens with zero attached hydrogens (tertiary/aromatic N) is 2. The SMILES string of the molecule is O=C1CO[C@H]2CCN(CN3CC4(CC(Cc5c(F)cccc5F)C4)C3)C[C@H]2N1. The standard InChI is InChI=1S/C21H27F2N3O2/c22-16-2-1-3-17(23)15(16)6-14-7-21(8-14)11-26(12-21)13-25-5-4-19-18(9-25)24-20(27)10-28-19/h1-3,14,18-19H,4-13H2,(H,24,27)/t18-,19+/m1/s1. The van der Waals surface area contributed by atoms with Gasteiger partial charge in [0.15, 0.2) is 0 Å². The molecule has 28 heavy (non-hydrogen) atoms. The first-order valence-corrected chi connectivity index (χ1v) is 10.3. The molecule has 1 amide bonds. The Morgan fingerprint density at radius 1 is 1.18 bits per heavy atom. The molecule has 2 atom stereocenters. The maximum absolute atomic E-state index is 13.8. The lowest BCUT2D eigenvalue weighted by molar-refractivity contribution is -0.144. The molecule has 0 bridgehead atoms. The summed E-state index contributed by atoms with van der Waals surface area (Å²) in [4.78, 5) is 16.4. The highest BCUT2D eigenvalue weighted by molar-refractivity contribution is 5.78. The Labute approximate surface area is 164 Å². The molecule has 1 aromatic rings. The Morgan fingerprint density at radius 2 is 1.93 bits per heavy atom. The third-order valence-electron chi connectivity index (χ3n) is 6.92. The van der Waals surface area contributed by atoms with Gasteiger partial charge in [0.1, 0.15) is 18.2 Å². The maximum atomic E-state index is 13.8. The number of fused-ring (bicyclic) bond motifs is 1. The van der Waals surface area contributed by atoms with Crippen LogP contribution in [-0.2, 0) is 16.0 Å². The van der Waals surface area contributed by atoms with Crippen LogP contribution in [0.4, 0.5) is 8.78 Å². The second kappa shape index (κ2) is 7.04. The normalized spacial score (nSPS) is 30.4. The molecule has 152 valence electrons. The van der Waals surface area contributed by atoms with Crippen molar-refractivity contribution < 1.29 is 18.3 Å². The van der Waals surface area contributed by atoms with Gasteiger partial charge in [0.05, 0.1) is 18.8 Å². The number of carbonyl (C=O) groups is 1. The number of benzene rings is 1. The number of hydrogen-bond acceptors (Lipinski definition) is 4. The van der Waals surface area contributed by atoms with E-state index in [2.05, 4.69) is 15.1 Å². The van der Waals surface area contributed by atoms with E-state index in [1.165, 1.54) is 18.2 Å². The van der Waals surface area contributed by atoms with E-state index in [4.69, 9.17) is 4.74 Å². The highest BCUT2D eigenvalue weighted by Crippen LogP contribution is 2.53. The number of ether oxygens (including phenoxy) is 1. The Bertz CT molecular complexity index is 740. The molecule has 0 radical (unpaired) electrons. The lowest BCUT2D eigenvalue weighted by atomic mass is 9.56. The van der Waals surface area contributed by atoms with E-state index in [1.807, 2.05) is 0 Å². The summed E-state index contributed by atoms with van der Waals surface area (Å²) in [7, 11) is 0. The minimum Gasteiger partial charge on any atom is -0.366 e. The molecule has 5 rings (SSSR count). The summed E-state index contributed by atoms with van der Waals surface area (Å²) in [6.07, 6.45) is 3.75. The van der Waals surface area contributed by atoms with Crippen molar-refractivity contribution in [1.29, 1.82) is 0 Å². The Kier molecular flexibility index (Phi) is 4.64. The van der Waals surface area contributed by atoms with E-state index in [-0.39, 0.29) is 30.2 Å². The first kappa shape index (κ1) is 18.5. The topological polar surface area (TPSA) is 44.8 Å². The van der Waals surface area contributed by atoms with E-state index in [0.29, 0.717) is 17.8 Å². The molecule has 1 aromatic carbocycles. The first-order chi connectivity index (χ1) is 13.5. The van der Waals surface area contributed by atoms with Gasteiger partial charge in [-0.05, 0) is 49.1 Å². The average Bonchev–Trinajstić information content (AvgIpc) is 2.60. The number of amides is 1. The molecule has 3 aliphatic heterocycles. The van der Waals surface area contributed by atoms with Crippen molar-refractivity contribution in [2.45, 2.75) is 37.8 Å². The largest absolute Gasteiger partial charge is 0.366 e. The van der Waals surface area contributed by atoms with Crippen LogP contribution < -0.4 is 5.32 Å². The number of likely N-dealkylation sites (tertiary alicyclic amines) is 2. The molecule has 1 saturated carbocycles. The number of hydrogen-bond donors (Lipinski definition) is 1. The van der Waals surface area contributed by atoms with E-state index in [9.17, 15) is 13.6 Å². The first-order valence-electron chi connectivity index (χ1n) is 10.3. The van der Waals surface area contributed by atoms with E-state index in [1.54, 1.807) is 0 Å². The van der Waals surface area contributed by atoms with Crippen molar-refractivity contribution in [3.63, 3.8) is 0 Å². The van der Waals surface area contributed by atoms with Gasteiger partial charge in [-0.25, -0.2) is 8.78 Å². The number of piperidine rings is 1. The highest BCUT2D eigenvalue weighted by atomic mass is 19.1. The molecule has 4 aliphatic rings. The van der Waals surface area contributed by atoms with Crippen LogP contribution >= 0.6 is 0 Å². The van der Waals surface area contributed by atoms with Crippen LogP contribution in [0.1, 0.15) is 24.8 Å². The molecule has 1 aliphatic carbocycles. The molecule has 3 saturated heterocycles. The molecule has 5 nitrogen and oxygen atoms in total. The third-order valence-corrected chi connectivity index (χ3v) is 6.92. The zero-order chi connectivity index (χ0) is 19.3. The number of rotatable bonds is 4. The molecular formula is C21H27F2N3O2. The van der Waals surface area contributed by atoms with Crippen LogP contribution in [0.2, 0.25) is 0 Å². The molecule has 7 heteroatoms. The fourth-order valence-corrected chi connectivity index (χ4v) is 5.76. The quantitative estimate of drug-likeness (QED) is 0.850. The van der Waals surface area contributed by atoms with Crippen LogP contribution in [0, 0.1) is 23.0 Å². The number of nitrogens with one attached hydrogen (secondary N) is 1. The molecule has 1 spiro atoms.